The molecule has 0 aliphatic carbocycles. The monoisotopic (exact) mass is 200 g/mol. The SMILES string of the molecule is Cc1cc(C(F)F)c(F)nc1CC#N. The van der Waals surface area contributed by atoms with E-state index in [9.17, 15) is 13.2 Å². The van der Waals surface area contributed by atoms with Gasteiger partial charge in [-0.2, -0.15) is 9.65 Å². The van der Waals surface area contributed by atoms with Crippen molar-refractivity contribution in [3.8, 4) is 6.07 Å². The Morgan fingerprint density at radius 3 is 2.71 bits per heavy atom. The van der Waals surface area contributed by atoms with Crippen molar-refractivity contribution in [2.24, 2.45) is 0 Å². The largest absolute Gasteiger partial charge is 0.268 e. The fourth-order valence-corrected chi connectivity index (χ4v) is 1.05. The van der Waals surface area contributed by atoms with Gasteiger partial charge >= 0.3 is 0 Å². The Balaban J connectivity index is 3.18. The normalized spacial score (nSPS) is 10.3. The highest BCUT2D eigenvalue weighted by Crippen LogP contribution is 2.23. The van der Waals surface area contributed by atoms with Crippen LogP contribution in [0.2, 0.25) is 0 Å². The molecule has 0 aliphatic heterocycles. The maximum Gasteiger partial charge on any atom is 0.268 e. The van der Waals surface area contributed by atoms with Crippen molar-refractivity contribution in [3.05, 3.63) is 28.8 Å². The molecule has 1 aromatic heterocycles. The lowest BCUT2D eigenvalue weighted by Crippen LogP contribution is -2.01. The molecule has 0 spiro atoms. The first-order valence-corrected chi connectivity index (χ1v) is 3.87. The second kappa shape index (κ2) is 4.09. The van der Waals surface area contributed by atoms with E-state index in [2.05, 4.69) is 4.98 Å². The molecule has 0 N–H and O–H groups in total. The van der Waals surface area contributed by atoms with Gasteiger partial charge in [0.05, 0.1) is 23.7 Å². The summed E-state index contributed by atoms with van der Waals surface area (Å²) >= 11 is 0. The molecular weight excluding hydrogens is 193 g/mol. The number of nitrogens with zero attached hydrogens (tertiary/aromatic N) is 2. The number of aromatic nitrogens is 1. The third kappa shape index (κ3) is 2.02. The van der Waals surface area contributed by atoms with E-state index in [1.165, 1.54) is 6.92 Å². The minimum Gasteiger partial charge on any atom is -0.223 e. The van der Waals surface area contributed by atoms with Gasteiger partial charge in [0.15, 0.2) is 0 Å². The zero-order valence-corrected chi connectivity index (χ0v) is 7.39. The van der Waals surface area contributed by atoms with E-state index in [-0.39, 0.29) is 12.1 Å². The molecule has 1 heterocycles. The Morgan fingerprint density at radius 2 is 2.21 bits per heavy atom. The van der Waals surface area contributed by atoms with Crippen LogP contribution in [0.4, 0.5) is 13.2 Å². The van der Waals surface area contributed by atoms with E-state index in [1.54, 1.807) is 6.07 Å². The van der Waals surface area contributed by atoms with E-state index < -0.39 is 17.9 Å². The number of aryl methyl sites for hydroxylation is 1. The third-order valence-corrected chi connectivity index (χ3v) is 1.78. The van der Waals surface area contributed by atoms with Gasteiger partial charge in [-0.3, -0.25) is 0 Å². The van der Waals surface area contributed by atoms with Gasteiger partial charge in [0.2, 0.25) is 5.95 Å². The Kier molecular flexibility index (Phi) is 3.07. The average Bonchev–Trinajstić information content (AvgIpc) is 2.10. The van der Waals surface area contributed by atoms with Crippen molar-refractivity contribution in [2.75, 3.05) is 0 Å². The Hall–Kier alpha value is -1.57. The number of nitriles is 1. The van der Waals surface area contributed by atoms with Gasteiger partial charge in [0, 0.05) is 0 Å². The average molecular weight is 200 g/mol. The van der Waals surface area contributed by atoms with Crippen molar-refractivity contribution in [1.82, 2.24) is 4.98 Å². The van der Waals surface area contributed by atoms with E-state index >= 15 is 0 Å². The first-order valence-electron chi connectivity index (χ1n) is 3.87. The molecule has 0 fully saturated rings. The summed E-state index contributed by atoms with van der Waals surface area (Å²) in [5.74, 6) is -1.20. The van der Waals surface area contributed by atoms with Crippen LogP contribution in [0.5, 0.6) is 0 Å². The zero-order chi connectivity index (χ0) is 10.7. The fourth-order valence-electron chi connectivity index (χ4n) is 1.05. The summed E-state index contributed by atoms with van der Waals surface area (Å²) in [5.41, 5.74) is -0.109. The minimum atomic E-state index is -2.88. The van der Waals surface area contributed by atoms with Crippen LogP contribution in [0.15, 0.2) is 6.07 Å². The second-order valence-electron chi connectivity index (χ2n) is 2.77. The predicted octanol–water partition coefficient (Wildman–Crippen LogP) is 2.53. The number of rotatable bonds is 2. The quantitative estimate of drug-likeness (QED) is 0.688. The van der Waals surface area contributed by atoms with Crippen LogP contribution in [-0.2, 0) is 6.42 Å². The van der Waals surface area contributed by atoms with Crippen LogP contribution in [0.3, 0.4) is 0 Å². The van der Waals surface area contributed by atoms with Gasteiger partial charge < -0.3 is 0 Å². The van der Waals surface area contributed by atoms with Gasteiger partial charge in [-0.25, -0.2) is 13.8 Å². The summed E-state index contributed by atoms with van der Waals surface area (Å²) in [4.78, 5) is 3.31. The number of hydrogen-bond acceptors (Lipinski definition) is 2. The molecule has 0 radical (unpaired) electrons. The fraction of sp³-hybridized carbons (Fsp3) is 0.333. The predicted molar refractivity (Wildman–Crippen MR) is 43.2 cm³/mol. The van der Waals surface area contributed by atoms with E-state index in [0.717, 1.165) is 6.07 Å². The second-order valence-corrected chi connectivity index (χ2v) is 2.77. The molecule has 0 saturated carbocycles. The van der Waals surface area contributed by atoms with Crippen LogP contribution < -0.4 is 0 Å². The van der Waals surface area contributed by atoms with Crippen LogP contribution in [0, 0.1) is 24.2 Å². The number of pyridine rings is 1. The molecule has 74 valence electrons. The Morgan fingerprint density at radius 1 is 1.57 bits per heavy atom. The molecule has 0 unspecified atom stereocenters. The van der Waals surface area contributed by atoms with E-state index in [4.69, 9.17) is 5.26 Å². The molecule has 0 bridgehead atoms. The highest BCUT2D eigenvalue weighted by atomic mass is 19.3. The van der Waals surface area contributed by atoms with Crippen molar-refractivity contribution >= 4 is 0 Å². The van der Waals surface area contributed by atoms with Crippen molar-refractivity contribution in [2.45, 2.75) is 19.8 Å². The summed E-state index contributed by atoms with van der Waals surface area (Å²) in [6, 6.07) is 2.81. The Bertz CT molecular complexity index is 382. The van der Waals surface area contributed by atoms with E-state index in [0.29, 0.717) is 5.56 Å². The molecule has 14 heavy (non-hydrogen) atoms. The zero-order valence-electron chi connectivity index (χ0n) is 7.39. The van der Waals surface area contributed by atoms with Gasteiger partial charge in [0.25, 0.3) is 6.43 Å². The maximum absolute atomic E-state index is 12.9. The number of alkyl halides is 2. The minimum absolute atomic E-state index is 0.0771. The number of hydrogen-bond donors (Lipinski definition) is 0. The van der Waals surface area contributed by atoms with Crippen LogP contribution in [-0.4, -0.2) is 4.98 Å². The Labute approximate surface area is 79.0 Å². The molecule has 1 rings (SSSR count). The first-order chi connectivity index (χ1) is 6.56. The van der Waals surface area contributed by atoms with Crippen LogP contribution in [0.1, 0.15) is 23.2 Å². The molecule has 5 heteroatoms. The van der Waals surface area contributed by atoms with Gasteiger partial charge in [-0.05, 0) is 18.6 Å². The smallest absolute Gasteiger partial charge is 0.223 e. The first kappa shape index (κ1) is 10.5. The van der Waals surface area contributed by atoms with Crippen molar-refractivity contribution in [3.63, 3.8) is 0 Å². The van der Waals surface area contributed by atoms with Gasteiger partial charge in [-0.15, -0.1) is 0 Å². The molecule has 0 atom stereocenters. The highest BCUT2D eigenvalue weighted by molar-refractivity contribution is 5.27. The highest BCUT2D eigenvalue weighted by Gasteiger charge is 2.16. The summed E-state index contributed by atoms with van der Waals surface area (Å²) in [7, 11) is 0. The number of halogens is 3. The molecule has 0 amide bonds. The molecule has 0 aromatic carbocycles. The van der Waals surface area contributed by atoms with E-state index in [1.807, 2.05) is 0 Å². The molecule has 0 saturated heterocycles. The summed E-state index contributed by atoms with van der Waals surface area (Å²) in [5, 5.41) is 8.35. The molecule has 1 aromatic rings. The standard InChI is InChI=1S/C9H7F3N2/c1-5-4-6(8(10)11)9(12)14-7(5)2-3-13/h4,8H,2H2,1H3. The topological polar surface area (TPSA) is 36.7 Å². The van der Waals surface area contributed by atoms with Crippen molar-refractivity contribution < 1.29 is 13.2 Å². The molecule has 2 nitrogen and oxygen atoms in total. The summed E-state index contributed by atoms with van der Waals surface area (Å²) in [6.07, 6.45) is -2.95. The molecule has 0 aliphatic rings. The maximum atomic E-state index is 12.9. The lowest BCUT2D eigenvalue weighted by atomic mass is 10.1. The lowest BCUT2D eigenvalue weighted by Gasteiger charge is -2.05. The van der Waals surface area contributed by atoms with Gasteiger partial charge in [-0.1, -0.05) is 0 Å². The third-order valence-electron chi connectivity index (χ3n) is 1.78. The van der Waals surface area contributed by atoms with Crippen LogP contribution in [0.25, 0.3) is 0 Å². The van der Waals surface area contributed by atoms with Crippen molar-refractivity contribution in [1.29, 1.82) is 5.26 Å². The summed E-state index contributed by atoms with van der Waals surface area (Å²) < 4.78 is 37.3. The van der Waals surface area contributed by atoms with Crippen LogP contribution >= 0.6 is 0 Å². The van der Waals surface area contributed by atoms with Gasteiger partial charge in [0.1, 0.15) is 0 Å². The summed E-state index contributed by atoms with van der Waals surface area (Å²) in [6.45, 7) is 1.52. The molecular formula is C9H7F3N2. The lowest BCUT2D eigenvalue weighted by molar-refractivity contribution is 0.145.